The van der Waals surface area contributed by atoms with Gasteiger partial charge in [0, 0.05) is 9.26 Å². The van der Waals surface area contributed by atoms with Gasteiger partial charge in [-0.2, -0.15) is 0 Å². The first-order valence-corrected chi connectivity index (χ1v) is 8.58. The molecule has 1 amide bonds. The SMILES string of the molecule is O=C(O)C1C(C(=O)Nc2ccc(I)cc2)C2C=CC1C21CC1. The molecule has 2 N–H and O–H groups in total. The number of benzene rings is 1. The number of anilines is 1. The Morgan fingerprint density at radius 3 is 2.23 bits per heavy atom. The highest BCUT2D eigenvalue weighted by Gasteiger charge is 2.70. The number of carbonyl (C=O) groups is 2. The van der Waals surface area contributed by atoms with Crippen molar-refractivity contribution in [3.63, 3.8) is 0 Å². The van der Waals surface area contributed by atoms with Crippen LogP contribution in [0.15, 0.2) is 36.4 Å². The zero-order valence-corrected chi connectivity index (χ0v) is 14.0. The molecule has 3 aliphatic rings. The Bertz CT molecular complexity index is 678. The van der Waals surface area contributed by atoms with Gasteiger partial charge in [0.2, 0.25) is 5.91 Å². The van der Waals surface area contributed by atoms with E-state index >= 15 is 0 Å². The van der Waals surface area contributed by atoms with Crippen LogP contribution in [0.25, 0.3) is 0 Å². The van der Waals surface area contributed by atoms with Crippen molar-refractivity contribution in [3.05, 3.63) is 40.0 Å². The van der Waals surface area contributed by atoms with Crippen LogP contribution in [0.1, 0.15) is 12.8 Å². The van der Waals surface area contributed by atoms with E-state index in [9.17, 15) is 14.7 Å². The van der Waals surface area contributed by atoms with Crippen molar-refractivity contribution in [2.75, 3.05) is 5.32 Å². The Morgan fingerprint density at radius 2 is 1.68 bits per heavy atom. The van der Waals surface area contributed by atoms with Gasteiger partial charge in [0.25, 0.3) is 0 Å². The first-order valence-electron chi connectivity index (χ1n) is 7.50. The summed E-state index contributed by atoms with van der Waals surface area (Å²) in [7, 11) is 0. The number of hydrogen-bond donors (Lipinski definition) is 2. The summed E-state index contributed by atoms with van der Waals surface area (Å²) in [5, 5.41) is 12.5. The number of hydrogen-bond acceptors (Lipinski definition) is 2. The van der Waals surface area contributed by atoms with E-state index in [1.807, 2.05) is 30.3 Å². The molecule has 114 valence electrons. The minimum Gasteiger partial charge on any atom is -0.481 e. The predicted octanol–water partition coefficient (Wildman–Crippen LogP) is 3.14. The molecule has 0 heterocycles. The standard InChI is InChI=1S/C17H16INO3/c18-9-1-3-10(4-2-9)19-15(20)13-11-5-6-12(14(13)16(21)22)17(11)7-8-17/h1-6,11-14H,7-8H2,(H,19,20)(H,21,22). The summed E-state index contributed by atoms with van der Waals surface area (Å²) >= 11 is 2.21. The summed E-state index contributed by atoms with van der Waals surface area (Å²) in [5.74, 6) is -1.91. The van der Waals surface area contributed by atoms with E-state index in [4.69, 9.17) is 0 Å². The Kier molecular flexibility index (Phi) is 3.11. The molecule has 3 aliphatic carbocycles. The largest absolute Gasteiger partial charge is 0.481 e. The number of rotatable bonds is 3. The molecule has 0 saturated heterocycles. The van der Waals surface area contributed by atoms with Crippen LogP contribution in [0, 0.1) is 32.7 Å². The molecule has 1 aromatic carbocycles. The minimum absolute atomic E-state index is 0.0301. The van der Waals surface area contributed by atoms with Crippen LogP contribution in [0.2, 0.25) is 0 Å². The van der Waals surface area contributed by atoms with Crippen LogP contribution in [-0.2, 0) is 9.59 Å². The van der Waals surface area contributed by atoms with E-state index in [0.29, 0.717) is 0 Å². The molecule has 4 rings (SSSR count). The lowest BCUT2D eigenvalue weighted by Crippen LogP contribution is -2.36. The van der Waals surface area contributed by atoms with E-state index in [1.54, 1.807) is 0 Å². The lowest BCUT2D eigenvalue weighted by atomic mass is 9.82. The van der Waals surface area contributed by atoms with Gasteiger partial charge in [-0.15, -0.1) is 0 Å². The van der Waals surface area contributed by atoms with E-state index in [0.717, 1.165) is 22.1 Å². The average molecular weight is 409 g/mol. The highest BCUT2D eigenvalue weighted by Crippen LogP contribution is 2.72. The number of amides is 1. The molecule has 2 fully saturated rings. The topological polar surface area (TPSA) is 66.4 Å². The monoisotopic (exact) mass is 409 g/mol. The van der Waals surface area contributed by atoms with Gasteiger partial charge in [-0.05, 0) is 76.9 Å². The summed E-state index contributed by atoms with van der Waals surface area (Å²) in [4.78, 5) is 24.4. The lowest BCUT2D eigenvalue weighted by molar-refractivity contribution is -0.146. The van der Waals surface area contributed by atoms with Crippen molar-refractivity contribution < 1.29 is 14.7 Å². The van der Waals surface area contributed by atoms with Gasteiger partial charge in [0.1, 0.15) is 0 Å². The van der Waals surface area contributed by atoms with Gasteiger partial charge in [0.05, 0.1) is 11.8 Å². The first-order chi connectivity index (χ1) is 10.5. The maximum atomic E-state index is 12.7. The molecule has 5 heteroatoms. The highest BCUT2D eigenvalue weighted by molar-refractivity contribution is 14.1. The molecule has 0 aliphatic heterocycles. The summed E-state index contributed by atoms with van der Waals surface area (Å²) in [6.07, 6.45) is 6.21. The van der Waals surface area contributed by atoms with Crippen molar-refractivity contribution >= 4 is 40.2 Å². The number of carbonyl (C=O) groups excluding carboxylic acids is 1. The van der Waals surface area contributed by atoms with E-state index in [-0.39, 0.29) is 23.2 Å². The third kappa shape index (κ3) is 1.94. The number of halogens is 1. The Morgan fingerprint density at radius 1 is 1.09 bits per heavy atom. The molecule has 4 nitrogen and oxygen atoms in total. The van der Waals surface area contributed by atoms with Crippen molar-refractivity contribution in [3.8, 4) is 0 Å². The third-order valence-corrected chi connectivity index (χ3v) is 6.26. The second-order valence-corrected chi connectivity index (χ2v) is 7.80. The zero-order valence-electron chi connectivity index (χ0n) is 11.8. The molecule has 4 unspecified atom stereocenters. The van der Waals surface area contributed by atoms with E-state index in [1.165, 1.54) is 0 Å². The predicted molar refractivity (Wildman–Crippen MR) is 90.2 cm³/mol. The summed E-state index contributed by atoms with van der Waals surface area (Å²) in [6.45, 7) is 0. The zero-order chi connectivity index (χ0) is 15.5. The van der Waals surface area contributed by atoms with Crippen LogP contribution in [0.3, 0.4) is 0 Å². The maximum absolute atomic E-state index is 12.7. The number of allylic oxidation sites excluding steroid dienone is 2. The van der Waals surface area contributed by atoms with Crippen LogP contribution in [0.5, 0.6) is 0 Å². The Labute approximate surface area is 142 Å². The van der Waals surface area contributed by atoms with Crippen LogP contribution >= 0.6 is 22.6 Å². The fourth-order valence-corrected chi connectivity index (χ4v) is 4.81. The molecule has 2 saturated carbocycles. The summed E-state index contributed by atoms with van der Waals surface area (Å²) < 4.78 is 1.10. The van der Waals surface area contributed by atoms with Crippen molar-refractivity contribution in [1.82, 2.24) is 0 Å². The van der Waals surface area contributed by atoms with Crippen LogP contribution in [0.4, 0.5) is 5.69 Å². The number of nitrogens with one attached hydrogen (secondary N) is 1. The summed E-state index contributed by atoms with van der Waals surface area (Å²) in [6, 6.07) is 7.55. The Balaban J connectivity index is 1.60. The lowest BCUT2D eigenvalue weighted by Gasteiger charge is -2.23. The maximum Gasteiger partial charge on any atom is 0.307 e. The average Bonchev–Trinajstić information content (AvgIpc) is 3.15. The normalized spacial score (nSPS) is 33.1. The molecule has 0 radical (unpaired) electrons. The fourth-order valence-electron chi connectivity index (χ4n) is 4.45. The van der Waals surface area contributed by atoms with Gasteiger partial charge < -0.3 is 10.4 Å². The number of aliphatic carboxylic acids is 1. The minimum atomic E-state index is -0.842. The van der Waals surface area contributed by atoms with Crippen molar-refractivity contribution in [1.29, 1.82) is 0 Å². The van der Waals surface area contributed by atoms with E-state index < -0.39 is 17.8 Å². The highest BCUT2D eigenvalue weighted by atomic mass is 127. The molecule has 2 bridgehead atoms. The molecule has 1 spiro atoms. The second-order valence-electron chi connectivity index (χ2n) is 6.56. The van der Waals surface area contributed by atoms with Crippen LogP contribution in [-0.4, -0.2) is 17.0 Å². The molecule has 4 atom stereocenters. The van der Waals surface area contributed by atoms with Gasteiger partial charge in [0.15, 0.2) is 0 Å². The quantitative estimate of drug-likeness (QED) is 0.596. The van der Waals surface area contributed by atoms with Gasteiger partial charge in [-0.25, -0.2) is 0 Å². The molecule has 22 heavy (non-hydrogen) atoms. The molecule has 1 aromatic rings. The molecule has 0 aromatic heterocycles. The third-order valence-electron chi connectivity index (χ3n) is 5.54. The second kappa shape index (κ2) is 4.81. The number of carboxylic acid groups (broad SMARTS) is 1. The molecular weight excluding hydrogens is 393 g/mol. The number of carboxylic acids is 1. The van der Waals surface area contributed by atoms with Crippen molar-refractivity contribution in [2.45, 2.75) is 12.8 Å². The van der Waals surface area contributed by atoms with Gasteiger partial charge in [-0.1, -0.05) is 12.2 Å². The van der Waals surface area contributed by atoms with Gasteiger partial charge >= 0.3 is 5.97 Å². The molecular formula is C17H16INO3. The van der Waals surface area contributed by atoms with E-state index in [2.05, 4.69) is 34.0 Å². The summed E-state index contributed by atoms with van der Waals surface area (Å²) in [5.41, 5.74) is 0.795. The van der Waals surface area contributed by atoms with Gasteiger partial charge in [-0.3, -0.25) is 9.59 Å². The first kappa shape index (κ1) is 14.2. The smallest absolute Gasteiger partial charge is 0.307 e. The Hall–Kier alpha value is -1.37. The van der Waals surface area contributed by atoms with Crippen LogP contribution < -0.4 is 5.32 Å². The van der Waals surface area contributed by atoms with Crippen molar-refractivity contribution in [2.24, 2.45) is 29.1 Å². The fraction of sp³-hybridized carbons (Fsp3) is 0.412.